The van der Waals surface area contributed by atoms with E-state index in [0.29, 0.717) is 6.54 Å². The van der Waals surface area contributed by atoms with E-state index in [9.17, 15) is 9.59 Å². The van der Waals surface area contributed by atoms with Gasteiger partial charge in [-0.05, 0) is 25.3 Å². The highest BCUT2D eigenvalue weighted by molar-refractivity contribution is 5.79. The fraction of sp³-hybridized carbons (Fsp3) is 0.818. The topological polar surface area (TPSA) is 78.4 Å². The summed E-state index contributed by atoms with van der Waals surface area (Å²) in [5.74, 6) is -0.741. The van der Waals surface area contributed by atoms with Crippen LogP contribution in [0.15, 0.2) is 0 Å². The lowest BCUT2D eigenvalue weighted by atomic mass is 9.98. The van der Waals surface area contributed by atoms with E-state index in [1.54, 1.807) is 0 Å². The average Bonchev–Trinajstić information content (AvgIpc) is 2.26. The Morgan fingerprint density at radius 2 is 2.31 bits per heavy atom. The molecular weight excluding hydrogens is 208 g/mol. The molecule has 92 valence electrons. The van der Waals surface area contributed by atoms with Crippen LogP contribution in [0.3, 0.4) is 0 Å². The minimum atomic E-state index is -0.818. The van der Waals surface area contributed by atoms with Crippen LogP contribution in [0.5, 0.6) is 0 Å². The van der Waals surface area contributed by atoms with Gasteiger partial charge < -0.3 is 15.7 Å². The molecule has 1 unspecified atom stereocenters. The number of carboxylic acids is 1. The first-order valence-electron chi connectivity index (χ1n) is 5.80. The zero-order valence-corrected chi connectivity index (χ0v) is 9.66. The number of piperidine rings is 1. The van der Waals surface area contributed by atoms with Crippen molar-refractivity contribution in [1.29, 1.82) is 0 Å². The summed E-state index contributed by atoms with van der Waals surface area (Å²) in [6, 6.07) is 0. The molecule has 1 saturated heterocycles. The molecule has 0 aromatic carbocycles. The number of amides is 1. The van der Waals surface area contributed by atoms with E-state index in [4.69, 9.17) is 5.11 Å². The van der Waals surface area contributed by atoms with Crippen molar-refractivity contribution < 1.29 is 14.7 Å². The molecule has 1 aliphatic rings. The van der Waals surface area contributed by atoms with Crippen molar-refractivity contribution >= 4 is 11.9 Å². The van der Waals surface area contributed by atoms with Crippen LogP contribution < -0.4 is 10.6 Å². The summed E-state index contributed by atoms with van der Waals surface area (Å²) in [7, 11) is 0. The van der Waals surface area contributed by atoms with Crippen molar-refractivity contribution in [2.24, 2.45) is 11.8 Å². The fourth-order valence-electron chi connectivity index (χ4n) is 1.87. The zero-order chi connectivity index (χ0) is 12.0. The van der Waals surface area contributed by atoms with Crippen molar-refractivity contribution in [2.45, 2.75) is 26.2 Å². The quantitative estimate of drug-likeness (QED) is 0.628. The van der Waals surface area contributed by atoms with E-state index >= 15 is 0 Å². The first-order chi connectivity index (χ1) is 7.59. The number of carboxylic acid groups (broad SMARTS) is 1. The number of carbonyl (C=O) groups is 2. The van der Waals surface area contributed by atoms with Crippen LogP contribution in [0, 0.1) is 11.8 Å². The van der Waals surface area contributed by atoms with Gasteiger partial charge in [-0.15, -0.1) is 0 Å². The van der Waals surface area contributed by atoms with Gasteiger partial charge in [0.25, 0.3) is 0 Å². The normalized spacial score (nSPS) is 22.4. The Balaban J connectivity index is 2.20. The standard InChI is InChI=1S/C11H20N2O3/c1-8(5-10(14)15)6-13-11(16)9-3-2-4-12-7-9/h8-9,12H,2-7H2,1H3,(H,13,16)(H,14,15)/t8?,9-/m1/s1. The fourth-order valence-corrected chi connectivity index (χ4v) is 1.87. The Kier molecular flexibility index (Phi) is 5.25. The first kappa shape index (κ1) is 13.0. The minimum absolute atomic E-state index is 0.0157. The van der Waals surface area contributed by atoms with E-state index in [2.05, 4.69) is 10.6 Å². The molecule has 1 amide bonds. The molecular formula is C11H20N2O3. The SMILES string of the molecule is CC(CNC(=O)[C@@H]1CCCNC1)CC(=O)O. The summed E-state index contributed by atoms with van der Waals surface area (Å²) in [5.41, 5.74) is 0. The maximum atomic E-state index is 11.7. The predicted molar refractivity (Wildman–Crippen MR) is 60.0 cm³/mol. The number of nitrogens with one attached hydrogen (secondary N) is 2. The molecule has 0 spiro atoms. The molecule has 1 fully saturated rings. The number of carbonyl (C=O) groups excluding carboxylic acids is 1. The Morgan fingerprint density at radius 1 is 1.56 bits per heavy atom. The van der Waals surface area contributed by atoms with Gasteiger partial charge in [-0.3, -0.25) is 9.59 Å². The van der Waals surface area contributed by atoms with Crippen LogP contribution in [-0.2, 0) is 9.59 Å². The molecule has 2 atom stereocenters. The third-order valence-corrected chi connectivity index (χ3v) is 2.82. The van der Waals surface area contributed by atoms with Gasteiger partial charge >= 0.3 is 5.97 Å². The lowest BCUT2D eigenvalue weighted by Gasteiger charge is -2.22. The molecule has 1 heterocycles. The summed E-state index contributed by atoms with van der Waals surface area (Å²) >= 11 is 0. The number of rotatable bonds is 5. The Morgan fingerprint density at radius 3 is 2.88 bits per heavy atom. The minimum Gasteiger partial charge on any atom is -0.481 e. The highest BCUT2D eigenvalue weighted by Crippen LogP contribution is 2.10. The van der Waals surface area contributed by atoms with Gasteiger partial charge in [0, 0.05) is 19.5 Å². The molecule has 1 rings (SSSR count). The monoisotopic (exact) mass is 228 g/mol. The van der Waals surface area contributed by atoms with Crippen molar-refractivity contribution in [1.82, 2.24) is 10.6 Å². The summed E-state index contributed by atoms with van der Waals surface area (Å²) in [4.78, 5) is 22.1. The van der Waals surface area contributed by atoms with Crippen molar-refractivity contribution in [3.63, 3.8) is 0 Å². The van der Waals surface area contributed by atoms with Crippen LogP contribution >= 0.6 is 0 Å². The predicted octanol–water partition coefficient (Wildman–Crippen LogP) is 0.213. The van der Waals surface area contributed by atoms with E-state index in [1.165, 1.54) is 0 Å². The van der Waals surface area contributed by atoms with Gasteiger partial charge in [-0.25, -0.2) is 0 Å². The molecule has 0 aromatic rings. The maximum absolute atomic E-state index is 11.7. The van der Waals surface area contributed by atoms with Crippen molar-refractivity contribution in [3.8, 4) is 0 Å². The number of hydrogen-bond donors (Lipinski definition) is 3. The molecule has 5 nitrogen and oxygen atoms in total. The van der Waals surface area contributed by atoms with Crippen LogP contribution in [0.25, 0.3) is 0 Å². The average molecular weight is 228 g/mol. The van der Waals surface area contributed by atoms with Crippen LogP contribution in [0.1, 0.15) is 26.2 Å². The smallest absolute Gasteiger partial charge is 0.303 e. The lowest BCUT2D eigenvalue weighted by Crippen LogP contribution is -2.41. The van der Waals surface area contributed by atoms with Gasteiger partial charge in [-0.2, -0.15) is 0 Å². The van der Waals surface area contributed by atoms with Crippen LogP contribution in [-0.4, -0.2) is 36.6 Å². The molecule has 5 heteroatoms. The highest BCUT2D eigenvalue weighted by Gasteiger charge is 2.21. The molecule has 3 N–H and O–H groups in total. The van der Waals surface area contributed by atoms with E-state index in [1.807, 2.05) is 6.92 Å². The summed E-state index contributed by atoms with van der Waals surface area (Å²) in [6.45, 7) is 3.99. The van der Waals surface area contributed by atoms with E-state index < -0.39 is 5.97 Å². The second kappa shape index (κ2) is 6.48. The highest BCUT2D eigenvalue weighted by atomic mass is 16.4. The van der Waals surface area contributed by atoms with Crippen molar-refractivity contribution in [3.05, 3.63) is 0 Å². The number of aliphatic carboxylic acids is 1. The molecule has 0 saturated carbocycles. The third-order valence-electron chi connectivity index (χ3n) is 2.82. The zero-order valence-electron chi connectivity index (χ0n) is 9.66. The molecule has 0 radical (unpaired) electrons. The van der Waals surface area contributed by atoms with Crippen molar-refractivity contribution in [2.75, 3.05) is 19.6 Å². The van der Waals surface area contributed by atoms with E-state index in [-0.39, 0.29) is 24.2 Å². The second-order valence-electron chi connectivity index (χ2n) is 4.49. The molecule has 1 aliphatic heterocycles. The lowest BCUT2D eigenvalue weighted by molar-refractivity contribution is -0.138. The Labute approximate surface area is 95.6 Å². The number of hydrogen-bond acceptors (Lipinski definition) is 3. The summed E-state index contributed by atoms with van der Waals surface area (Å²) < 4.78 is 0. The maximum Gasteiger partial charge on any atom is 0.303 e. The first-order valence-corrected chi connectivity index (χ1v) is 5.80. The molecule has 0 bridgehead atoms. The summed E-state index contributed by atoms with van der Waals surface area (Å²) in [5, 5.41) is 14.6. The second-order valence-corrected chi connectivity index (χ2v) is 4.49. The molecule has 16 heavy (non-hydrogen) atoms. The van der Waals surface area contributed by atoms with Crippen LogP contribution in [0.4, 0.5) is 0 Å². The van der Waals surface area contributed by atoms with Gasteiger partial charge in [0.15, 0.2) is 0 Å². The van der Waals surface area contributed by atoms with Gasteiger partial charge in [0.2, 0.25) is 5.91 Å². The Bertz CT molecular complexity index is 250. The van der Waals surface area contributed by atoms with Gasteiger partial charge in [-0.1, -0.05) is 6.92 Å². The largest absolute Gasteiger partial charge is 0.481 e. The Hall–Kier alpha value is -1.10. The van der Waals surface area contributed by atoms with Gasteiger partial charge in [0.05, 0.1) is 5.92 Å². The van der Waals surface area contributed by atoms with Crippen LogP contribution in [0.2, 0.25) is 0 Å². The summed E-state index contributed by atoms with van der Waals surface area (Å²) in [6.07, 6.45) is 2.05. The molecule has 0 aliphatic carbocycles. The third kappa shape index (κ3) is 4.61. The molecule has 0 aromatic heterocycles. The van der Waals surface area contributed by atoms with Gasteiger partial charge in [0.1, 0.15) is 0 Å². The van der Waals surface area contributed by atoms with E-state index in [0.717, 1.165) is 25.9 Å².